The van der Waals surface area contributed by atoms with Gasteiger partial charge in [-0.1, -0.05) is 6.92 Å². The fourth-order valence-corrected chi connectivity index (χ4v) is 11.0. The Bertz CT molecular complexity index is 1340. The third-order valence-corrected chi connectivity index (χ3v) is 13.8. The van der Waals surface area contributed by atoms with E-state index in [4.69, 9.17) is 23.7 Å². The first-order chi connectivity index (χ1) is 23.6. The number of esters is 1. The third kappa shape index (κ3) is 5.36. The van der Waals surface area contributed by atoms with Crippen LogP contribution in [0.4, 0.5) is 0 Å². The molecule has 18 atom stereocenters. The van der Waals surface area contributed by atoms with Crippen molar-refractivity contribution in [3.8, 4) is 0 Å². The number of aldehydes is 1. The predicted molar refractivity (Wildman–Crippen MR) is 164 cm³/mol. The Labute approximate surface area is 288 Å². The van der Waals surface area contributed by atoms with Crippen LogP contribution in [0.3, 0.4) is 0 Å². The maximum Gasteiger partial charge on any atom is 0.331 e. The van der Waals surface area contributed by atoms with Crippen LogP contribution in [-0.2, 0) is 33.3 Å². The van der Waals surface area contributed by atoms with Crippen molar-refractivity contribution in [2.24, 2.45) is 28.6 Å². The van der Waals surface area contributed by atoms with Gasteiger partial charge in [-0.15, -0.1) is 0 Å². The first-order valence-electron chi connectivity index (χ1n) is 17.7. The van der Waals surface area contributed by atoms with Crippen molar-refractivity contribution < 1.29 is 79.2 Å². The molecule has 0 aromatic rings. The summed E-state index contributed by atoms with van der Waals surface area (Å²) in [6.07, 6.45) is -12.1. The van der Waals surface area contributed by atoms with Gasteiger partial charge in [-0.25, -0.2) is 4.79 Å². The fraction of sp³-hybridized carbons (Fsp3) is 0.882. The molecule has 50 heavy (non-hydrogen) atoms. The number of carbonyl (C=O) groups excluding carboxylic acids is 2. The molecular formula is C34H50O16. The van der Waals surface area contributed by atoms with E-state index in [1.54, 1.807) is 0 Å². The number of aliphatic hydroxyl groups is 9. The summed E-state index contributed by atoms with van der Waals surface area (Å²) >= 11 is 0. The number of rotatable bonds is 7. The number of fused-ring (bicyclic) bond motifs is 5. The number of aliphatic hydroxyl groups excluding tert-OH is 7. The lowest BCUT2D eigenvalue weighted by molar-refractivity contribution is -0.392. The largest absolute Gasteiger partial charge is 0.458 e. The van der Waals surface area contributed by atoms with Crippen molar-refractivity contribution in [3.63, 3.8) is 0 Å². The van der Waals surface area contributed by atoms with Gasteiger partial charge in [0.15, 0.2) is 18.9 Å². The third-order valence-electron chi connectivity index (χ3n) is 13.8. The summed E-state index contributed by atoms with van der Waals surface area (Å²) in [6, 6.07) is 0. The van der Waals surface area contributed by atoms with Crippen LogP contribution in [0.1, 0.15) is 64.7 Å². The maximum atomic E-state index is 13.2. The molecule has 0 unspecified atom stereocenters. The molecule has 2 saturated heterocycles. The lowest BCUT2D eigenvalue weighted by Crippen LogP contribution is -2.69. The number of hydrogen-bond acceptors (Lipinski definition) is 16. The molecule has 9 N–H and O–H groups in total. The smallest absolute Gasteiger partial charge is 0.331 e. The number of carbonyl (C=O) groups is 2. The molecule has 7 rings (SSSR count). The average Bonchev–Trinajstić information content (AvgIpc) is 3.64. The van der Waals surface area contributed by atoms with Crippen molar-refractivity contribution in [1.82, 2.24) is 0 Å². The molecular weight excluding hydrogens is 664 g/mol. The van der Waals surface area contributed by atoms with Gasteiger partial charge in [0.25, 0.3) is 0 Å². The van der Waals surface area contributed by atoms with E-state index in [9.17, 15) is 55.5 Å². The molecule has 4 aliphatic carbocycles. The predicted octanol–water partition coefficient (Wildman–Crippen LogP) is -2.50. The Hall–Kier alpha value is -1.64. The fourth-order valence-electron chi connectivity index (χ4n) is 11.0. The van der Waals surface area contributed by atoms with Crippen molar-refractivity contribution >= 4 is 12.3 Å². The Kier molecular flexibility index (Phi) is 9.57. The monoisotopic (exact) mass is 714 g/mol. The molecule has 282 valence electrons. The summed E-state index contributed by atoms with van der Waals surface area (Å²) in [5.41, 5.74) is -3.48. The Morgan fingerprint density at radius 3 is 2.26 bits per heavy atom. The number of ether oxygens (including phenoxy) is 5. The normalized spacial score (nSPS) is 55.0. The highest BCUT2D eigenvalue weighted by Crippen LogP contribution is 2.70. The number of cyclic esters (lactones) is 1. The van der Waals surface area contributed by atoms with Gasteiger partial charge < -0.3 is 74.4 Å². The second-order valence-electron chi connectivity index (χ2n) is 15.9. The molecule has 16 nitrogen and oxygen atoms in total. The molecule has 0 bridgehead atoms. The van der Waals surface area contributed by atoms with Gasteiger partial charge in [0.2, 0.25) is 0 Å². The minimum atomic E-state index is -1.90. The highest BCUT2D eigenvalue weighted by Gasteiger charge is 2.71. The zero-order chi connectivity index (χ0) is 36.0. The lowest BCUT2D eigenvalue weighted by Gasteiger charge is -2.65. The van der Waals surface area contributed by atoms with Gasteiger partial charge >= 0.3 is 5.97 Å². The summed E-state index contributed by atoms with van der Waals surface area (Å²) in [4.78, 5) is 25.1. The van der Waals surface area contributed by atoms with E-state index in [0.29, 0.717) is 32.1 Å². The summed E-state index contributed by atoms with van der Waals surface area (Å²) in [6.45, 7) is 1.55. The topological polar surface area (TPSA) is 262 Å². The number of hydrogen-bond donors (Lipinski definition) is 9. The van der Waals surface area contributed by atoms with Gasteiger partial charge in [-0.2, -0.15) is 0 Å². The molecule has 0 aromatic carbocycles. The zero-order valence-electron chi connectivity index (χ0n) is 27.9. The van der Waals surface area contributed by atoms with Gasteiger partial charge in [0.1, 0.15) is 55.6 Å². The van der Waals surface area contributed by atoms with Crippen molar-refractivity contribution in [2.45, 2.75) is 144 Å². The van der Waals surface area contributed by atoms with E-state index in [1.165, 1.54) is 6.08 Å². The molecule has 4 saturated carbocycles. The molecule has 0 aromatic heterocycles. The minimum absolute atomic E-state index is 0.0268. The van der Waals surface area contributed by atoms with E-state index in [1.807, 2.05) is 0 Å². The second kappa shape index (κ2) is 13.0. The van der Waals surface area contributed by atoms with Crippen LogP contribution < -0.4 is 0 Å². The molecule has 6 fully saturated rings. The van der Waals surface area contributed by atoms with Crippen LogP contribution in [-0.4, -0.2) is 150 Å². The SMILES string of the molecule is C[C@]12CC[C@H]3[C@@H](CC[C@]4(O)C[C@@H](O[C@@H]5O[C@@H](O)[C@H](O)[C@@H](O)[C@H]5O[C@@H]5O[C@H](CO)[C@@H](O)[C@H](O)[C@H]5O)CC[C@]34C=O)[C@@]1(O)CC[C@@H]2C1=CC(=O)OC1. The van der Waals surface area contributed by atoms with Crippen molar-refractivity contribution in [1.29, 1.82) is 0 Å². The standard InChI is InChI=1S/C34H50O16/c1-31-6-3-18-19(34(31,45)9-5-17(31)15-10-21(37)46-13-15)4-8-33(44)11-16(2-7-32(18,33)14-36)47-30-27(24(40)25(41)28(43)50-30)49-29-26(42)23(39)22(38)20(12-35)48-29/h10,14,16-20,22-30,35,38-45H,2-9,11-13H2,1H3/t16-,17+,18-,19+,20+,22+,23-,24+,25+,26+,27+,28+,29-,30+,31+,32-,33-,34-/m0/s1. The first kappa shape index (κ1) is 36.7. The molecule has 3 aliphatic heterocycles. The average molecular weight is 715 g/mol. The molecule has 0 radical (unpaired) electrons. The van der Waals surface area contributed by atoms with Crippen LogP contribution in [0.25, 0.3) is 0 Å². The van der Waals surface area contributed by atoms with Crippen molar-refractivity contribution in [3.05, 3.63) is 11.6 Å². The van der Waals surface area contributed by atoms with E-state index < -0.39 is 96.3 Å². The van der Waals surface area contributed by atoms with Crippen LogP contribution in [0, 0.1) is 28.6 Å². The Balaban J connectivity index is 1.09. The zero-order valence-corrected chi connectivity index (χ0v) is 27.9. The van der Waals surface area contributed by atoms with E-state index in [-0.39, 0.29) is 56.0 Å². The quantitative estimate of drug-likeness (QED) is 0.0750. The molecule has 16 heteroatoms. The second-order valence-corrected chi connectivity index (χ2v) is 15.9. The van der Waals surface area contributed by atoms with Gasteiger partial charge in [-0.05, 0) is 74.7 Å². The van der Waals surface area contributed by atoms with E-state index >= 15 is 0 Å². The maximum absolute atomic E-state index is 13.2. The molecule has 0 spiro atoms. The van der Waals surface area contributed by atoms with Crippen LogP contribution in [0.5, 0.6) is 0 Å². The van der Waals surface area contributed by atoms with E-state index in [0.717, 1.165) is 11.9 Å². The summed E-state index contributed by atoms with van der Waals surface area (Å²) in [5.74, 6) is -0.994. The van der Waals surface area contributed by atoms with Gasteiger partial charge in [0, 0.05) is 17.9 Å². The summed E-state index contributed by atoms with van der Waals surface area (Å²) in [7, 11) is 0. The van der Waals surface area contributed by atoms with Gasteiger partial charge in [0.05, 0.1) is 29.3 Å². The highest BCUT2D eigenvalue weighted by molar-refractivity contribution is 5.85. The Morgan fingerprint density at radius 1 is 0.840 bits per heavy atom. The van der Waals surface area contributed by atoms with Crippen LogP contribution >= 0.6 is 0 Å². The minimum Gasteiger partial charge on any atom is -0.458 e. The first-order valence-corrected chi connectivity index (χ1v) is 17.7. The lowest BCUT2D eigenvalue weighted by atomic mass is 9.41. The van der Waals surface area contributed by atoms with E-state index in [2.05, 4.69) is 6.92 Å². The summed E-state index contributed by atoms with van der Waals surface area (Å²) in [5, 5.41) is 96.9. The van der Waals surface area contributed by atoms with Crippen LogP contribution in [0.15, 0.2) is 11.6 Å². The van der Waals surface area contributed by atoms with Crippen molar-refractivity contribution in [2.75, 3.05) is 13.2 Å². The van der Waals surface area contributed by atoms with Gasteiger partial charge in [-0.3, -0.25) is 0 Å². The molecule has 0 amide bonds. The van der Waals surface area contributed by atoms with Crippen LogP contribution in [0.2, 0.25) is 0 Å². The summed E-state index contributed by atoms with van der Waals surface area (Å²) < 4.78 is 28.0. The highest BCUT2D eigenvalue weighted by atomic mass is 16.8. The Morgan fingerprint density at radius 2 is 1.58 bits per heavy atom. The molecule has 3 heterocycles. The molecule has 7 aliphatic rings.